The number of carbonyl (C=O) groups excluding carboxylic acids is 1. The molecule has 2 nitrogen and oxygen atoms in total. The zero-order chi connectivity index (χ0) is 12.4. The van der Waals surface area contributed by atoms with Gasteiger partial charge in [0.2, 0.25) is 0 Å². The number of hydrogen-bond donors (Lipinski definition) is 0. The minimum absolute atomic E-state index is 0.148. The topological polar surface area (TPSA) is 26.3 Å². The van der Waals surface area contributed by atoms with Gasteiger partial charge in [0, 0.05) is 0 Å². The average molecular weight is 228 g/mol. The molecule has 0 amide bonds. The van der Waals surface area contributed by atoms with E-state index < -0.39 is 0 Å². The number of rotatable bonds is 3. The van der Waals surface area contributed by atoms with Crippen LogP contribution in [0.1, 0.15) is 19.4 Å². The van der Waals surface area contributed by atoms with Crippen LogP contribution in [0.2, 0.25) is 0 Å². The number of ether oxygens (including phenoxy) is 1. The van der Waals surface area contributed by atoms with Gasteiger partial charge in [0.25, 0.3) is 0 Å². The zero-order valence-electron chi connectivity index (χ0n) is 10.4. The monoisotopic (exact) mass is 228 g/mol. The predicted octanol–water partition coefficient (Wildman–Crippen LogP) is 3.21. The van der Waals surface area contributed by atoms with Crippen LogP contribution in [0.5, 0.6) is 0 Å². The number of hydrogen-bond acceptors (Lipinski definition) is 2. The molecule has 2 heteroatoms. The molecular weight excluding hydrogens is 212 g/mol. The summed E-state index contributed by atoms with van der Waals surface area (Å²) in [5.41, 5.74) is 4.63. The normalized spacial score (nSPS) is 17.1. The Hall–Kier alpha value is -1.83. The number of methoxy groups -OCH3 is 1. The molecular formula is C15H16O2. The van der Waals surface area contributed by atoms with Crippen LogP contribution < -0.4 is 0 Å². The molecule has 1 aliphatic carbocycles. The number of esters is 1. The van der Waals surface area contributed by atoms with E-state index in [4.69, 9.17) is 4.74 Å². The first kappa shape index (κ1) is 11.6. The Morgan fingerprint density at radius 2 is 1.82 bits per heavy atom. The molecule has 1 aromatic rings. The molecule has 0 fully saturated rings. The molecule has 0 heterocycles. The van der Waals surface area contributed by atoms with Gasteiger partial charge in [0.15, 0.2) is 0 Å². The highest BCUT2D eigenvalue weighted by Crippen LogP contribution is 2.42. The highest BCUT2D eigenvalue weighted by atomic mass is 16.5. The van der Waals surface area contributed by atoms with Gasteiger partial charge in [-0.2, -0.15) is 0 Å². The maximum Gasteiger partial charge on any atom is 0.317 e. The van der Waals surface area contributed by atoms with Crippen molar-refractivity contribution in [2.75, 3.05) is 7.11 Å². The SMILES string of the molecule is COC(=O)C1C=C1C(=C(C)C)c1ccccc1. The van der Waals surface area contributed by atoms with Gasteiger partial charge in [-0.25, -0.2) is 0 Å². The summed E-state index contributed by atoms with van der Waals surface area (Å²) in [5.74, 6) is -0.320. The van der Waals surface area contributed by atoms with Gasteiger partial charge in [0.1, 0.15) is 5.92 Å². The van der Waals surface area contributed by atoms with Crippen LogP contribution in [0.15, 0.2) is 47.6 Å². The quantitative estimate of drug-likeness (QED) is 0.742. The molecule has 0 spiro atoms. The summed E-state index contributed by atoms with van der Waals surface area (Å²) < 4.78 is 4.76. The second-order valence-corrected chi connectivity index (χ2v) is 4.36. The van der Waals surface area contributed by atoms with Crippen molar-refractivity contribution in [3.05, 3.63) is 53.1 Å². The van der Waals surface area contributed by atoms with Crippen molar-refractivity contribution in [3.63, 3.8) is 0 Å². The van der Waals surface area contributed by atoms with Gasteiger partial charge < -0.3 is 4.74 Å². The van der Waals surface area contributed by atoms with E-state index in [1.807, 2.05) is 24.3 Å². The third kappa shape index (κ3) is 2.31. The fourth-order valence-electron chi connectivity index (χ4n) is 2.04. The van der Waals surface area contributed by atoms with Gasteiger partial charge >= 0.3 is 5.97 Å². The summed E-state index contributed by atoms with van der Waals surface area (Å²) in [6, 6.07) is 10.1. The van der Waals surface area contributed by atoms with E-state index in [9.17, 15) is 4.79 Å². The summed E-state index contributed by atoms with van der Waals surface area (Å²) in [7, 11) is 1.43. The van der Waals surface area contributed by atoms with Gasteiger partial charge in [-0.3, -0.25) is 4.79 Å². The van der Waals surface area contributed by atoms with E-state index in [0.29, 0.717) is 0 Å². The molecule has 0 saturated heterocycles. The highest BCUT2D eigenvalue weighted by Gasteiger charge is 2.35. The molecule has 1 atom stereocenters. The van der Waals surface area contributed by atoms with Crippen LogP contribution in [-0.4, -0.2) is 13.1 Å². The smallest absolute Gasteiger partial charge is 0.317 e. The van der Waals surface area contributed by atoms with E-state index in [2.05, 4.69) is 26.0 Å². The maximum atomic E-state index is 11.4. The lowest BCUT2D eigenvalue weighted by atomic mass is 9.97. The molecule has 0 aromatic heterocycles. The first-order valence-corrected chi connectivity index (χ1v) is 5.68. The van der Waals surface area contributed by atoms with Gasteiger partial charge in [0.05, 0.1) is 7.11 Å². The molecule has 0 bridgehead atoms. The van der Waals surface area contributed by atoms with Crippen molar-refractivity contribution in [1.29, 1.82) is 0 Å². The first-order valence-electron chi connectivity index (χ1n) is 5.68. The lowest BCUT2D eigenvalue weighted by molar-refractivity contribution is -0.141. The molecule has 1 unspecified atom stereocenters. The molecule has 0 aliphatic heterocycles. The van der Waals surface area contributed by atoms with E-state index in [-0.39, 0.29) is 11.9 Å². The Labute approximate surface area is 102 Å². The van der Waals surface area contributed by atoms with E-state index in [1.54, 1.807) is 0 Å². The number of allylic oxidation sites excluding steroid dienone is 2. The van der Waals surface area contributed by atoms with Crippen molar-refractivity contribution >= 4 is 11.5 Å². The highest BCUT2D eigenvalue weighted by molar-refractivity contribution is 5.96. The van der Waals surface area contributed by atoms with Crippen LogP contribution in [-0.2, 0) is 9.53 Å². The van der Waals surface area contributed by atoms with Crippen molar-refractivity contribution in [1.82, 2.24) is 0 Å². The largest absolute Gasteiger partial charge is 0.468 e. The first-order chi connectivity index (χ1) is 8.15. The van der Waals surface area contributed by atoms with Crippen LogP contribution in [0, 0.1) is 5.92 Å². The van der Waals surface area contributed by atoms with Crippen LogP contribution in [0.3, 0.4) is 0 Å². The Bertz CT molecular complexity index is 491. The van der Waals surface area contributed by atoms with Crippen molar-refractivity contribution in [2.45, 2.75) is 13.8 Å². The lowest BCUT2D eigenvalue weighted by Gasteiger charge is -2.08. The Kier molecular flexibility index (Phi) is 3.14. The molecule has 2 rings (SSSR count). The Balaban J connectivity index is 2.27. The molecule has 0 saturated carbocycles. The second-order valence-electron chi connectivity index (χ2n) is 4.36. The van der Waals surface area contributed by atoms with E-state index in [0.717, 1.165) is 11.1 Å². The minimum atomic E-state index is -0.172. The van der Waals surface area contributed by atoms with Crippen LogP contribution in [0.25, 0.3) is 5.57 Å². The summed E-state index contributed by atoms with van der Waals surface area (Å²) in [6.07, 6.45) is 1.96. The van der Waals surface area contributed by atoms with Crippen molar-refractivity contribution in [2.24, 2.45) is 5.92 Å². The van der Waals surface area contributed by atoms with Crippen LogP contribution in [0.4, 0.5) is 0 Å². The van der Waals surface area contributed by atoms with Gasteiger partial charge in [-0.05, 0) is 30.6 Å². The maximum absolute atomic E-state index is 11.4. The molecule has 17 heavy (non-hydrogen) atoms. The molecule has 88 valence electrons. The molecule has 0 radical (unpaired) electrons. The Morgan fingerprint density at radius 1 is 1.18 bits per heavy atom. The fourth-order valence-corrected chi connectivity index (χ4v) is 2.04. The summed E-state index contributed by atoms with van der Waals surface area (Å²) >= 11 is 0. The third-order valence-electron chi connectivity index (χ3n) is 2.88. The minimum Gasteiger partial charge on any atom is -0.468 e. The zero-order valence-corrected chi connectivity index (χ0v) is 10.4. The lowest BCUT2D eigenvalue weighted by Crippen LogP contribution is -2.06. The summed E-state index contributed by atoms with van der Waals surface area (Å²) in [6.45, 7) is 4.13. The average Bonchev–Trinajstić information content (AvgIpc) is 3.09. The van der Waals surface area contributed by atoms with Crippen molar-refractivity contribution < 1.29 is 9.53 Å². The Morgan fingerprint density at radius 3 is 2.35 bits per heavy atom. The van der Waals surface area contributed by atoms with Crippen LogP contribution >= 0.6 is 0 Å². The third-order valence-corrected chi connectivity index (χ3v) is 2.88. The predicted molar refractivity (Wildman–Crippen MR) is 68.3 cm³/mol. The summed E-state index contributed by atoms with van der Waals surface area (Å²) in [5, 5.41) is 0. The molecule has 1 aliphatic rings. The van der Waals surface area contributed by atoms with E-state index >= 15 is 0 Å². The van der Waals surface area contributed by atoms with Gasteiger partial charge in [-0.15, -0.1) is 0 Å². The molecule has 1 aromatic carbocycles. The van der Waals surface area contributed by atoms with Gasteiger partial charge in [-0.1, -0.05) is 42.0 Å². The van der Waals surface area contributed by atoms with E-state index in [1.165, 1.54) is 18.3 Å². The van der Waals surface area contributed by atoms with Crippen molar-refractivity contribution in [3.8, 4) is 0 Å². The fraction of sp³-hybridized carbons (Fsp3) is 0.267. The second kappa shape index (κ2) is 4.58. The number of benzene rings is 1. The number of carbonyl (C=O) groups is 1. The standard InChI is InChI=1S/C15H16O2/c1-10(2)14(11-7-5-4-6-8-11)12-9-13(12)15(16)17-3/h4-9,13H,1-3H3. The summed E-state index contributed by atoms with van der Waals surface area (Å²) in [4.78, 5) is 11.4. The molecule has 0 N–H and O–H groups in total.